The minimum absolute atomic E-state index is 0.136. The molecule has 0 fully saturated rings. The first-order valence-corrected chi connectivity index (χ1v) is 8.85. The van der Waals surface area contributed by atoms with Gasteiger partial charge < -0.3 is 19.5 Å². The van der Waals surface area contributed by atoms with Gasteiger partial charge in [0.25, 0.3) is 0 Å². The van der Waals surface area contributed by atoms with E-state index in [1.807, 2.05) is 30.3 Å². The molecule has 2 rings (SSSR count). The Kier molecular flexibility index (Phi) is 7.63. The summed E-state index contributed by atoms with van der Waals surface area (Å²) in [6, 6.07) is 14.8. The van der Waals surface area contributed by atoms with Crippen LogP contribution < -0.4 is 9.47 Å². The highest BCUT2D eigenvalue weighted by atomic mass is 16.5. The molecule has 148 valence electrons. The second kappa shape index (κ2) is 10.2. The molecule has 1 amide bonds. The number of carbonyl (C=O) groups excluding carboxylic acids is 1. The van der Waals surface area contributed by atoms with Crippen molar-refractivity contribution < 1.29 is 24.2 Å². The number of hydrogen-bond donors (Lipinski definition) is 1. The number of nitrogens with zero attached hydrogens (tertiary/aromatic N) is 1. The molecule has 0 heterocycles. The molecule has 2 aromatic carbocycles. The van der Waals surface area contributed by atoms with Crippen LogP contribution in [0.2, 0.25) is 0 Å². The fraction of sp³-hybridized carbons (Fsp3) is 0.273. The summed E-state index contributed by atoms with van der Waals surface area (Å²) in [7, 11) is 3.07. The first kappa shape index (κ1) is 21.0. The molecule has 0 saturated carbocycles. The molecule has 1 atom stereocenters. The average Bonchev–Trinajstić information content (AvgIpc) is 2.71. The second-order valence-electron chi connectivity index (χ2n) is 6.32. The maximum atomic E-state index is 12.9. The third kappa shape index (κ3) is 5.87. The molecule has 0 saturated heterocycles. The molecule has 0 aromatic heterocycles. The van der Waals surface area contributed by atoms with E-state index < -0.39 is 12.5 Å². The zero-order valence-corrected chi connectivity index (χ0v) is 16.1. The number of carboxylic acid groups (broad SMARTS) is 1. The molecule has 0 aliphatic rings. The molecule has 6 nitrogen and oxygen atoms in total. The van der Waals surface area contributed by atoms with Gasteiger partial charge in [0.1, 0.15) is 18.0 Å². The first-order chi connectivity index (χ1) is 13.5. The highest BCUT2D eigenvalue weighted by Crippen LogP contribution is 2.25. The Labute approximate surface area is 165 Å². The van der Waals surface area contributed by atoms with Gasteiger partial charge in [-0.3, -0.25) is 9.59 Å². The molecule has 6 heteroatoms. The van der Waals surface area contributed by atoms with Crippen molar-refractivity contribution in [2.45, 2.75) is 18.9 Å². The molecule has 1 N–H and O–H groups in total. The summed E-state index contributed by atoms with van der Waals surface area (Å²) in [5.74, 6) is -0.378. The molecule has 0 bridgehead atoms. The summed E-state index contributed by atoms with van der Waals surface area (Å²) in [6.07, 6.45) is 1.85. The number of aliphatic carboxylic acids is 1. The van der Waals surface area contributed by atoms with Crippen LogP contribution in [0.4, 0.5) is 0 Å². The van der Waals surface area contributed by atoms with Crippen molar-refractivity contribution in [1.82, 2.24) is 4.90 Å². The van der Waals surface area contributed by atoms with Crippen LogP contribution in [0.1, 0.15) is 23.5 Å². The van der Waals surface area contributed by atoms with Gasteiger partial charge >= 0.3 is 5.97 Å². The van der Waals surface area contributed by atoms with Crippen molar-refractivity contribution in [3.05, 3.63) is 72.3 Å². The molecular weight excluding hydrogens is 358 g/mol. The van der Waals surface area contributed by atoms with Crippen LogP contribution in [0.25, 0.3) is 0 Å². The summed E-state index contributed by atoms with van der Waals surface area (Å²) in [6.45, 7) is 3.56. The predicted octanol–water partition coefficient (Wildman–Crippen LogP) is 3.48. The Morgan fingerprint density at radius 1 is 1.11 bits per heavy atom. The number of carbonyl (C=O) groups is 2. The van der Waals surface area contributed by atoms with Crippen LogP contribution in [0.15, 0.2) is 61.2 Å². The third-order valence-corrected chi connectivity index (χ3v) is 4.37. The molecule has 28 heavy (non-hydrogen) atoms. The molecular formula is C22H25NO5. The second-order valence-corrected chi connectivity index (χ2v) is 6.32. The number of allylic oxidation sites excluding steroid dienone is 1. The maximum absolute atomic E-state index is 12.9. The lowest BCUT2D eigenvalue weighted by molar-refractivity contribution is -0.145. The van der Waals surface area contributed by atoms with Crippen molar-refractivity contribution in [2.24, 2.45) is 0 Å². The van der Waals surface area contributed by atoms with Gasteiger partial charge in [-0.2, -0.15) is 0 Å². The van der Waals surface area contributed by atoms with Crippen LogP contribution in [-0.4, -0.2) is 42.6 Å². The fourth-order valence-corrected chi connectivity index (χ4v) is 2.93. The van der Waals surface area contributed by atoms with Gasteiger partial charge in [0.2, 0.25) is 5.91 Å². The minimum atomic E-state index is -1.07. The van der Waals surface area contributed by atoms with E-state index in [1.165, 1.54) is 19.1 Å². The summed E-state index contributed by atoms with van der Waals surface area (Å²) in [4.78, 5) is 25.5. The number of benzene rings is 2. The van der Waals surface area contributed by atoms with Crippen LogP contribution in [0, 0.1) is 0 Å². The fourth-order valence-electron chi connectivity index (χ4n) is 2.93. The van der Waals surface area contributed by atoms with Crippen molar-refractivity contribution in [1.29, 1.82) is 0 Å². The Balaban J connectivity index is 2.21. The lowest BCUT2D eigenvalue weighted by atomic mass is 9.95. The van der Waals surface area contributed by atoms with Gasteiger partial charge in [-0.15, -0.1) is 6.58 Å². The van der Waals surface area contributed by atoms with Crippen LogP contribution in [-0.2, 0) is 16.1 Å². The van der Waals surface area contributed by atoms with E-state index in [9.17, 15) is 14.7 Å². The van der Waals surface area contributed by atoms with E-state index in [0.717, 1.165) is 11.1 Å². The lowest BCUT2D eigenvalue weighted by Gasteiger charge is -2.23. The van der Waals surface area contributed by atoms with Crippen molar-refractivity contribution in [3.8, 4) is 11.5 Å². The maximum Gasteiger partial charge on any atom is 0.323 e. The number of amides is 1. The highest BCUT2D eigenvalue weighted by Gasteiger charge is 2.21. The summed E-state index contributed by atoms with van der Waals surface area (Å²) >= 11 is 0. The zero-order chi connectivity index (χ0) is 20.5. The van der Waals surface area contributed by atoms with Gasteiger partial charge in [-0.05, 0) is 23.3 Å². The van der Waals surface area contributed by atoms with E-state index in [2.05, 4.69) is 6.58 Å². The standard InChI is InChI=1S/C22H25NO5/c1-4-17(18-8-6-5-7-9-18)12-21(24)23(15-22(25)26)14-16-10-19(27-2)13-20(11-16)28-3/h4-11,13,17H,1,12,14-15H2,2-3H3,(H,25,26). The van der Waals surface area contributed by atoms with E-state index in [0.29, 0.717) is 11.5 Å². The van der Waals surface area contributed by atoms with Crippen LogP contribution in [0.3, 0.4) is 0 Å². The smallest absolute Gasteiger partial charge is 0.323 e. The Bertz CT molecular complexity index is 797. The SMILES string of the molecule is C=CC(CC(=O)N(CC(=O)O)Cc1cc(OC)cc(OC)c1)c1ccccc1. The van der Waals surface area contributed by atoms with Crippen molar-refractivity contribution in [2.75, 3.05) is 20.8 Å². The van der Waals surface area contributed by atoms with Crippen LogP contribution >= 0.6 is 0 Å². The predicted molar refractivity (Wildman–Crippen MR) is 107 cm³/mol. The summed E-state index contributed by atoms with van der Waals surface area (Å²) in [5.41, 5.74) is 1.69. The van der Waals surface area contributed by atoms with Crippen molar-refractivity contribution >= 4 is 11.9 Å². The number of methoxy groups -OCH3 is 2. The minimum Gasteiger partial charge on any atom is -0.497 e. The van der Waals surface area contributed by atoms with Gasteiger partial charge in [-0.25, -0.2) is 0 Å². The monoisotopic (exact) mass is 383 g/mol. The average molecular weight is 383 g/mol. The molecule has 0 radical (unpaired) electrons. The Hall–Kier alpha value is -3.28. The van der Waals surface area contributed by atoms with E-state index in [4.69, 9.17) is 9.47 Å². The largest absolute Gasteiger partial charge is 0.497 e. The van der Waals surface area contributed by atoms with E-state index in [1.54, 1.807) is 24.3 Å². The number of carboxylic acids is 1. The lowest BCUT2D eigenvalue weighted by Crippen LogP contribution is -2.35. The topological polar surface area (TPSA) is 76.1 Å². The van der Waals surface area contributed by atoms with Gasteiger partial charge in [0.15, 0.2) is 0 Å². The zero-order valence-electron chi connectivity index (χ0n) is 16.1. The van der Waals surface area contributed by atoms with E-state index in [-0.39, 0.29) is 24.8 Å². The molecule has 1 unspecified atom stereocenters. The highest BCUT2D eigenvalue weighted by molar-refractivity contribution is 5.82. The Morgan fingerprint density at radius 2 is 1.71 bits per heavy atom. The van der Waals surface area contributed by atoms with Crippen LogP contribution in [0.5, 0.6) is 11.5 Å². The van der Waals surface area contributed by atoms with Crippen molar-refractivity contribution in [3.63, 3.8) is 0 Å². The number of hydrogen-bond acceptors (Lipinski definition) is 4. The number of ether oxygens (including phenoxy) is 2. The first-order valence-electron chi connectivity index (χ1n) is 8.85. The Morgan fingerprint density at radius 3 is 2.21 bits per heavy atom. The molecule has 2 aromatic rings. The summed E-state index contributed by atoms with van der Waals surface area (Å²) < 4.78 is 10.5. The van der Waals surface area contributed by atoms with Gasteiger partial charge in [0.05, 0.1) is 14.2 Å². The van der Waals surface area contributed by atoms with Gasteiger partial charge in [-0.1, -0.05) is 36.4 Å². The van der Waals surface area contributed by atoms with E-state index >= 15 is 0 Å². The third-order valence-electron chi connectivity index (χ3n) is 4.37. The summed E-state index contributed by atoms with van der Waals surface area (Å²) in [5, 5.41) is 9.26. The molecule has 0 aliphatic carbocycles. The number of rotatable bonds is 10. The quantitative estimate of drug-likeness (QED) is 0.636. The normalized spacial score (nSPS) is 11.4. The molecule has 0 aliphatic heterocycles. The molecule has 0 spiro atoms. The van der Waals surface area contributed by atoms with Gasteiger partial charge in [0, 0.05) is 24.9 Å².